The van der Waals surface area contributed by atoms with Gasteiger partial charge in [-0.2, -0.15) is 0 Å². The zero-order valence-electron chi connectivity index (χ0n) is 23.0. The van der Waals surface area contributed by atoms with Crippen LogP contribution in [-0.4, -0.2) is 50.4 Å². The summed E-state index contributed by atoms with van der Waals surface area (Å²) in [6.45, 7) is 4.26. The van der Waals surface area contributed by atoms with E-state index < -0.39 is 17.8 Å². The normalized spacial score (nSPS) is 19.2. The van der Waals surface area contributed by atoms with Crippen LogP contribution in [0.5, 0.6) is 0 Å². The Labute approximate surface area is 230 Å². The van der Waals surface area contributed by atoms with Gasteiger partial charge in [0.1, 0.15) is 5.82 Å². The van der Waals surface area contributed by atoms with Crippen LogP contribution in [0.25, 0.3) is 0 Å². The number of halogens is 1. The number of hydrogen-bond acceptors (Lipinski definition) is 4. The summed E-state index contributed by atoms with van der Waals surface area (Å²) in [6.07, 6.45) is 3.66. The van der Waals surface area contributed by atoms with Crippen molar-refractivity contribution >= 4 is 28.9 Å². The summed E-state index contributed by atoms with van der Waals surface area (Å²) in [5, 5.41) is 3.14. The number of aryl methyl sites for hydroxylation is 1. The van der Waals surface area contributed by atoms with E-state index in [1.165, 1.54) is 18.9 Å². The summed E-state index contributed by atoms with van der Waals surface area (Å²) in [5.41, 5.74) is 4.42. The molecule has 0 aromatic heterocycles. The van der Waals surface area contributed by atoms with E-state index in [0.29, 0.717) is 24.9 Å². The van der Waals surface area contributed by atoms with Gasteiger partial charge in [0.15, 0.2) is 0 Å². The topological polar surface area (TPSA) is 55.9 Å². The Morgan fingerprint density at radius 3 is 2.33 bits per heavy atom. The maximum absolute atomic E-state index is 14.9. The number of nitrogens with zero attached hydrogens (tertiary/aromatic N) is 3. The zero-order chi connectivity index (χ0) is 27.5. The lowest BCUT2D eigenvalue weighted by Gasteiger charge is -2.41. The van der Waals surface area contributed by atoms with Crippen LogP contribution in [0.4, 0.5) is 21.5 Å². The molecule has 0 spiro atoms. The zero-order valence-corrected chi connectivity index (χ0v) is 23.0. The molecule has 0 radical (unpaired) electrons. The number of anilines is 3. The predicted molar refractivity (Wildman–Crippen MR) is 155 cm³/mol. The molecule has 6 nitrogen and oxygen atoms in total. The summed E-state index contributed by atoms with van der Waals surface area (Å²) in [4.78, 5) is 33.8. The number of likely N-dealkylation sites (tertiary alicyclic amines) is 1. The van der Waals surface area contributed by atoms with E-state index in [1.54, 1.807) is 24.0 Å². The standard InChI is InChI=1S/C32H37FN4O2/c1-22-9-6-13-28(33)29(22)32(39)37-20-8-12-27(30(37)23-14-16-25(17-15-23)35(2)3)31(38)34-24-10-7-11-26(21-24)36-18-4-5-19-36/h6-7,9-11,13-17,21,27,30H,4-5,8,12,18-20H2,1-3H3,(H,34,38). The lowest BCUT2D eigenvalue weighted by atomic mass is 9.83. The van der Waals surface area contributed by atoms with Crippen LogP contribution in [0.3, 0.4) is 0 Å². The smallest absolute Gasteiger partial charge is 0.257 e. The van der Waals surface area contributed by atoms with Crippen LogP contribution in [-0.2, 0) is 4.79 Å². The van der Waals surface area contributed by atoms with Crippen LogP contribution < -0.4 is 15.1 Å². The Morgan fingerprint density at radius 2 is 1.64 bits per heavy atom. The molecule has 2 heterocycles. The minimum absolute atomic E-state index is 0.0757. The minimum Gasteiger partial charge on any atom is -0.378 e. The van der Waals surface area contributed by atoms with Crippen molar-refractivity contribution < 1.29 is 14.0 Å². The van der Waals surface area contributed by atoms with E-state index in [4.69, 9.17) is 0 Å². The fourth-order valence-electron chi connectivity index (χ4n) is 5.92. The molecule has 2 aliphatic rings. The molecule has 1 N–H and O–H groups in total. The maximum atomic E-state index is 14.9. The van der Waals surface area contributed by atoms with Crippen molar-refractivity contribution in [1.82, 2.24) is 4.90 Å². The second-order valence-corrected chi connectivity index (χ2v) is 10.8. The van der Waals surface area contributed by atoms with Gasteiger partial charge in [0.25, 0.3) is 5.91 Å². The predicted octanol–water partition coefficient (Wildman–Crippen LogP) is 6.03. The molecule has 2 atom stereocenters. The number of rotatable bonds is 6. The monoisotopic (exact) mass is 528 g/mol. The van der Waals surface area contributed by atoms with Crippen LogP contribution in [0.2, 0.25) is 0 Å². The van der Waals surface area contributed by atoms with Gasteiger partial charge in [0.2, 0.25) is 5.91 Å². The molecule has 2 unspecified atom stereocenters. The van der Waals surface area contributed by atoms with Crippen molar-refractivity contribution in [2.75, 3.05) is 48.8 Å². The van der Waals surface area contributed by atoms with Crippen molar-refractivity contribution in [3.63, 3.8) is 0 Å². The maximum Gasteiger partial charge on any atom is 0.257 e. The van der Waals surface area contributed by atoms with E-state index >= 15 is 0 Å². The van der Waals surface area contributed by atoms with Crippen molar-refractivity contribution in [3.8, 4) is 0 Å². The Bertz CT molecular complexity index is 1310. The van der Waals surface area contributed by atoms with Gasteiger partial charge >= 0.3 is 0 Å². The van der Waals surface area contributed by atoms with Crippen molar-refractivity contribution in [2.24, 2.45) is 5.92 Å². The summed E-state index contributed by atoms with van der Waals surface area (Å²) >= 11 is 0. The van der Waals surface area contributed by atoms with Crippen LogP contribution in [0, 0.1) is 18.7 Å². The Morgan fingerprint density at radius 1 is 0.923 bits per heavy atom. The average Bonchev–Trinajstić information content (AvgIpc) is 3.48. The van der Waals surface area contributed by atoms with Crippen molar-refractivity contribution in [2.45, 2.75) is 38.6 Å². The van der Waals surface area contributed by atoms with Crippen molar-refractivity contribution in [3.05, 3.63) is 89.2 Å². The Kier molecular flexibility index (Phi) is 7.87. The van der Waals surface area contributed by atoms with E-state index in [0.717, 1.165) is 35.7 Å². The minimum atomic E-state index is -0.535. The second-order valence-electron chi connectivity index (χ2n) is 10.8. The summed E-state index contributed by atoms with van der Waals surface area (Å²) in [5.74, 6) is -1.51. The third-order valence-corrected chi connectivity index (χ3v) is 8.00. The molecule has 2 amide bonds. The summed E-state index contributed by atoms with van der Waals surface area (Å²) < 4.78 is 14.9. The molecule has 2 fully saturated rings. The highest BCUT2D eigenvalue weighted by Gasteiger charge is 2.40. The highest BCUT2D eigenvalue weighted by Crippen LogP contribution is 2.39. The fourth-order valence-corrected chi connectivity index (χ4v) is 5.92. The summed E-state index contributed by atoms with van der Waals surface area (Å²) in [7, 11) is 3.94. The highest BCUT2D eigenvalue weighted by atomic mass is 19.1. The molecule has 3 aromatic carbocycles. The average molecular weight is 529 g/mol. The lowest BCUT2D eigenvalue weighted by Crippen LogP contribution is -2.46. The highest BCUT2D eigenvalue weighted by molar-refractivity contribution is 5.98. The van der Waals surface area contributed by atoms with E-state index in [1.807, 2.05) is 61.5 Å². The first kappa shape index (κ1) is 26.7. The number of nitrogens with one attached hydrogen (secondary N) is 1. The van der Waals surface area contributed by atoms with Crippen LogP contribution in [0.1, 0.15) is 53.2 Å². The first-order valence-electron chi connectivity index (χ1n) is 13.8. The second kappa shape index (κ2) is 11.5. The fraction of sp³-hybridized carbons (Fsp3) is 0.375. The molecule has 39 heavy (non-hydrogen) atoms. The van der Waals surface area contributed by atoms with E-state index in [2.05, 4.69) is 16.3 Å². The van der Waals surface area contributed by atoms with Gasteiger partial charge in [-0.15, -0.1) is 0 Å². The Hall–Kier alpha value is -3.87. The number of carbonyl (C=O) groups is 2. The first-order valence-corrected chi connectivity index (χ1v) is 13.8. The van der Waals surface area contributed by atoms with Crippen LogP contribution in [0.15, 0.2) is 66.7 Å². The first-order chi connectivity index (χ1) is 18.8. The van der Waals surface area contributed by atoms with Gasteiger partial charge in [0, 0.05) is 50.8 Å². The van der Waals surface area contributed by atoms with Gasteiger partial charge < -0.3 is 20.0 Å². The molecule has 0 saturated carbocycles. The molecule has 7 heteroatoms. The molecule has 0 aliphatic carbocycles. The molecule has 2 saturated heterocycles. The number of carbonyl (C=O) groups excluding carboxylic acids is 2. The van der Waals surface area contributed by atoms with E-state index in [-0.39, 0.29) is 17.4 Å². The number of hydrogen-bond donors (Lipinski definition) is 1. The van der Waals surface area contributed by atoms with Gasteiger partial charge in [-0.25, -0.2) is 4.39 Å². The summed E-state index contributed by atoms with van der Waals surface area (Å²) in [6, 6.07) is 20.1. The van der Waals surface area contributed by atoms with Gasteiger partial charge in [-0.1, -0.05) is 30.3 Å². The van der Waals surface area contributed by atoms with Gasteiger partial charge in [0.05, 0.1) is 17.5 Å². The quantitative estimate of drug-likeness (QED) is 0.424. The molecule has 3 aromatic rings. The van der Waals surface area contributed by atoms with E-state index in [9.17, 15) is 14.0 Å². The molecular formula is C32H37FN4O2. The molecule has 0 bridgehead atoms. The molecular weight excluding hydrogens is 491 g/mol. The number of piperidine rings is 1. The SMILES string of the molecule is Cc1cccc(F)c1C(=O)N1CCCC(C(=O)Nc2cccc(N3CCCC3)c2)C1c1ccc(N(C)C)cc1. The third-order valence-electron chi connectivity index (χ3n) is 8.00. The third kappa shape index (κ3) is 5.63. The molecule has 204 valence electrons. The number of amides is 2. The van der Waals surface area contributed by atoms with Crippen molar-refractivity contribution in [1.29, 1.82) is 0 Å². The van der Waals surface area contributed by atoms with Gasteiger partial charge in [-0.05, 0) is 80.1 Å². The molecule has 5 rings (SSSR count). The Balaban J connectivity index is 1.47. The number of benzene rings is 3. The van der Waals surface area contributed by atoms with Crippen LogP contribution >= 0.6 is 0 Å². The lowest BCUT2D eigenvalue weighted by molar-refractivity contribution is -0.123. The largest absolute Gasteiger partial charge is 0.378 e. The van der Waals surface area contributed by atoms with Gasteiger partial charge in [-0.3, -0.25) is 9.59 Å². The molecule has 2 aliphatic heterocycles.